The summed E-state index contributed by atoms with van der Waals surface area (Å²) in [7, 11) is 0. The van der Waals surface area contributed by atoms with Gasteiger partial charge in [-0.25, -0.2) is 0 Å². The maximum atomic E-state index is 10.00. The minimum absolute atomic E-state index is 0.476. The molecular weight excluding hydrogens is 320 g/mol. The highest BCUT2D eigenvalue weighted by molar-refractivity contribution is 4.95. The van der Waals surface area contributed by atoms with Crippen LogP contribution in [0, 0.1) is 0 Å². The molecule has 136 valence electrons. The van der Waals surface area contributed by atoms with Crippen molar-refractivity contribution in [2.45, 2.75) is 54.8 Å². The second kappa shape index (κ2) is 7.21. The molecule has 11 heteroatoms. The predicted octanol–water partition coefficient (Wildman–Crippen LogP) is -5.40. The van der Waals surface area contributed by atoms with Crippen LogP contribution in [0.3, 0.4) is 0 Å². The van der Waals surface area contributed by atoms with E-state index in [1.165, 1.54) is 0 Å². The van der Waals surface area contributed by atoms with Gasteiger partial charge in [0.15, 0.2) is 6.29 Å². The smallest absolute Gasteiger partial charge is 0.218 e. The standard InChI is InChI=1S/C12H22O11/c13-1-5-6(16)7(17)8(18)11(22-5)23-9-4(15)2-21-12(20,3-14)10(9)19/h4-11,13-20H,1-3H2/t4-,5-,6-,7+,8-,9+,10+,11-,12+/m1/s1. The molecule has 0 unspecified atom stereocenters. The van der Waals surface area contributed by atoms with Gasteiger partial charge >= 0.3 is 0 Å². The monoisotopic (exact) mass is 342 g/mol. The highest BCUT2D eigenvalue weighted by Gasteiger charge is 2.52. The Labute approximate surface area is 130 Å². The molecule has 2 heterocycles. The van der Waals surface area contributed by atoms with Crippen molar-refractivity contribution in [1.82, 2.24) is 0 Å². The topological polar surface area (TPSA) is 190 Å². The van der Waals surface area contributed by atoms with Crippen LogP contribution in [0.25, 0.3) is 0 Å². The minimum Gasteiger partial charge on any atom is -0.394 e. The summed E-state index contributed by atoms with van der Waals surface area (Å²) < 4.78 is 15.1. The van der Waals surface area contributed by atoms with E-state index < -0.39 is 74.6 Å². The van der Waals surface area contributed by atoms with Gasteiger partial charge in [-0.3, -0.25) is 0 Å². The first-order valence-corrected chi connectivity index (χ1v) is 7.04. The van der Waals surface area contributed by atoms with Crippen molar-refractivity contribution < 1.29 is 55.1 Å². The molecule has 9 atom stereocenters. The van der Waals surface area contributed by atoms with E-state index in [1.807, 2.05) is 0 Å². The first-order chi connectivity index (χ1) is 10.7. The van der Waals surface area contributed by atoms with Gasteiger partial charge in [0, 0.05) is 0 Å². The van der Waals surface area contributed by atoms with Crippen LogP contribution in [0.2, 0.25) is 0 Å². The number of ether oxygens (including phenoxy) is 3. The Kier molecular flexibility index (Phi) is 5.92. The van der Waals surface area contributed by atoms with E-state index in [1.54, 1.807) is 0 Å². The fourth-order valence-electron chi connectivity index (χ4n) is 2.52. The average molecular weight is 342 g/mol. The molecule has 0 bridgehead atoms. The van der Waals surface area contributed by atoms with Gasteiger partial charge in [0.1, 0.15) is 42.7 Å². The molecular formula is C12H22O11. The van der Waals surface area contributed by atoms with Crippen molar-refractivity contribution in [2.24, 2.45) is 0 Å². The highest BCUT2D eigenvalue weighted by atomic mass is 16.7. The summed E-state index contributed by atoms with van der Waals surface area (Å²) in [6.45, 7) is -2.13. The van der Waals surface area contributed by atoms with Gasteiger partial charge in [-0.2, -0.15) is 0 Å². The lowest BCUT2D eigenvalue weighted by Crippen LogP contribution is -2.66. The fourth-order valence-corrected chi connectivity index (χ4v) is 2.52. The van der Waals surface area contributed by atoms with Crippen molar-refractivity contribution in [3.05, 3.63) is 0 Å². The molecule has 0 aromatic heterocycles. The van der Waals surface area contributed by atoms with Gasteiger partial charge in [0.05, 0.1) is 19.8 Å². The summed E-state index contributed by atoms with van der Waals surface area (Å²) in [6.07, 6.45) is -12.7. The Hall–Kier alpha value is -0.440. The van der Waals surface area contributed by atoms with E-state index in [9.17, 15) is 30.6 Å². The normalized spacial score (nSPS) is 51.7. The number of rotatable bonds is 4. The van der Waals surface area contributed by atoms with Gasteiger partial charge in [-0.1, -0.05) is 0 Å². The lowest BCUT2D eigenvalue weighted by Gasteiger charge is -2.46. The van der Waals surface area contributed by atoms with E-state index >= 15 is 0 Å². The molecule has 0 radical (unpaired) electrons. The fraction of sp³-hybridized carbons (Fsp3) is 1.00. The number of hydrogen-bond donors (Lipinski definition) is 8. The minimum atomic E-state index is -2.38. The van der Waals surface area contributed by atoms with Gasteiger partial charge in [0.2, 0.25) is 5.79 Å². The number of aliphatic hydroxyl groups is 8. The van der Waals surface area contributed by atoms with E-state index in [2.05, 4.69) is 0 Å². The van der Waals surface area contributed by atoms with Crippen molar-refractivity contribution in [1.29, 1.82) is 0 Å². The Morgan fingerprint density at radius 3 is 2.22 bits per heavy atom. The molecule has 2 aliphatic heterocycles. The molecule has 0 aromatic carbocycles. The van der Waals surface area contributed by atoms with Gasteiger partial charge in [0.25, 0.3) is 0 Å². The van der Waals surface area contributed by atoms with Gasteiger partial charge in [-0.05, 0) is 0 Å². The van der Waals surface area contributed by atoms with E-state index in [-0.39, 0.29) is 0 Å². The predicted molar refractivity (Wildman–Crippen MR) is 68.6 cm³/mol. The molecule has 0 saturated carbocycles. The maximum Gasteiger partial charge on any atom is 0.218 e. The molecule has 0 spiro atoms. The molecule has 2 rings (SSSR count). The maximum absolute atomic E-state index is 10.00. The second-order valence-electron chi connectivity index (χ2n) is 5.62. The van der Waals surface area contributed by atoms with Crippen LogP contribution in [0.4, 0.5) is 0 Å². The first kappa shape index (κ1) is 18.9. The molecule has 11 nitrogen and oxygen atoms in total. The van der Waals surface area contributed by atoms with Crippen LogP contribution in [-0.2, 0) is 14.2 Å². The summed E-state index contributed by atoms with van der Waals surface area (Å²) >= 11 is 0. The molecule has 2 saturated heterocycles. The van der Waals surface area contributed by atoms with Crippen molar-refractivity contribution in [2.75, 3.05) is 19.8 Å². The van der Waals surface area contributed by atoms with Gasteiger partial charge < -0.3 is 55.1 Å². The van der Waals surface area contributed by atoms with E-state index in [0.717, 1.165) is 0 Å². The molecule has 0 aromatic rings. The molecule has 2 fully saturated rings. The molecule has 0 aliphatic carbocycles. The third-order valence-corrected chi connectivity index (χ3v) is 4.02. The van der Waals surface area contributed by atoms with Crippen molar-refractivity contribution in [3.63, 3.8) is 0 Å². The first-order valence-electron chi connectivity index (χ1n) is 7.04. The average Bonchev–Trinajstić information content (AvgIpc) is 2.55. The Bertz CT molecular complexity index is 393. The summed E-state index contributed by atoms with van der Waals surface area (Å²) in [5, 5.41) is 77.1. The van der Waals surface area contributed by atoms with Crippen LogP contribution in [0.15, 0.2) is 0 Å². The summed E-state index contributed by atoms with van der Waals surface area (Å²) in [5.41, 5.74) is 0. The summed E-state index contributed by atoms with van der Waals surface area (Å²) in [5.74, 6) is -2.38. The molecule has 2 aliphatic rings. The quantitative estimate of drug-likeness (QED) is 0.243. The van der Waals surface area contributed by atoms with Gasteiger partial charge in [-0.15, -0.1) is 0 Å². The van der Waals surface area contributed by atoms with Crippen LogP contribution in [0.5, 0.6) is 0 Å². The molecule has 23 heavy (non-hydrogen) atoms. The van der Waals surface area contributed by atoms with E-state index in [0.29, 0.717) is 0 Å². The lowest BCUT2D eigenvalue weighted by atomic mass is 9.96. The van der Waals surface area contributed by atoms with Crippen LogP contribution in [0.1, 0.15) is 0 Å². The number of aliphatic hydroxyl groups excluding tert-OH is 7. The van der Waals surface area contributed by atoms with Crippen molar-refractivity contribution >= 4 is 0 Å². The van der Waals surface area contributed by atoms with E-state index in [4.69, 9.17) is 24.4 Å². The summed E-state index contributed by atoms with van der Waals surface area (Å²) in [6, 6.07) is 0. The molecule has 0 amide bonds. The zero-order valence-corrected chi connectivity index (χ0v) is 12.0. The zero-order valence-electron chi connectivity index (χ0n) is 12.0. The van der Waals surface area contributed by atoms with Crippen LogP contribution < -0.4 is 0 Å². The largest absolute Gasteiger partial charge is 0.394 e. The third kappa shape index (κ3) is 3.50. The highest BCUT2D eigenvalue weighted by Crippen LogP contribution is 2.29. The van der Waals surface area contributed by atoms with Crippen LogP contribution in [-0.4, -0.2) is 115 Å². The van der Waals surface area contributed by atoms with Crippen molar-refractivity contribution in [3.8, 4) is 0 Å². The number of hydrogen-bond acceptors (Lipinski definition) is 11. The Morgan fingerprint density at radius 2 is 1.65 bits per heavy atom. The van der Waals surface area contributed by atoms with Crippen LogP contribution >= 0.6 is 0 Å². The third-order valence-electron chi connectivity index (χ3n) is 4.02. The lowest BCUT2D eigenvalue weighted by molar-refractivity contribution is -0.373. The SMILES string of the molecule is OC[C@H]1O[C@H](O[C@H]2[C@H](O)CO[C@@](O)(CO)[C@H]2O)[C@H](O)[C@@H](O)[C@@H]1O. The summed E-state index contributed by atoms with van der Waals surface area (Å²) in [4.78, 5) is 0. The second-order valence-corrected chi connectivity index (χ2v) is 5.62. The Morgan fingerprint density at radius 1 is 1.00 bits per heavy atom. The zero-order chi connectivity index (χ0) is 17.4. The Balaban J connectivity index is 2.12. The molecule has 8 N–H and O–H groups in total.